The second kappa shape index (κ2) is 5.36. The van der Waals surface area contributed by atoms with Gasteiger partial charge in [0, 0.05) is 25.5 Å². The topological polar surface area (TPSA) is 75.3 Å². The first-order valence-corrected chi connectivity index (χ1v) is 5.81. The van der Waals surface area contributed by atoms with Crippen LogP contribution in [-0.2, 0) is 9.59 Å². The van der Waals surface area contributed by atoms with Crippen LogP contribution in [0.25, 0.3) is 0 Å². The number of carbonyl (C=O) groups excluding carboxylic acids is 3. The maximum absolute atomic E-state index is 11.4. The molecule has 2 N–H and O–H groups in total. The van der Waals surface area contributed by atoms with Gasteiger partial charge in [-0.25, -0.2) is 0 Å². The van der Waals surface area contributed by atoms with Gasteiger partial charge in [0.2, 0.25) is 5.91 Å². The third-order valence-corrected chi connectivity index (χ3v) is 2.58. The first-order chi connectivity index (χ1) is 9.08. The van der Waals surface area contributed by atoms with Crippen LogP contribution in [0.4, 0.5) is 5.69 Å². The molecule has 0 fully saturated rings. The van der Waals surface area contributed by atoms with Crippen LogP contribution in [0.2, 0.25) is 0 Å². The zero-order valence-corrected chi connectivity index (χ0v) is 10.4. The van der Waals surface area contributed by atoms with Crippen LogP contribution in [0, 0.1) is 11.8 Å². The van der Waals surface area contributed by atoms with E-state index in [2.05, 4.69) is 22.5 Å². The van der Waals surface area contributed by atoms with Crippen molar-refractivity contribution in [2.45, 2.75) is 13.3 Å². The largest absolute Gasteiger partial charge is 0.355 e. The highest BCUT2D eigenvalue weighted by molar-refractivity contribution is 6.51. The normalized spacial score (nSPS) is 12.3. The molecule has 0 atom stereocenters. The molecule has 19 heavy (non-hydrogen) atoms. The van der Waals surface area contributed by atoms with E-state index in [1.165, 1.54) is 6.92 Å². The molecule has 2 amide bonds. The van der Waals surface area contributed by atoms with Crippen molar-refractivity contribution in [2.75, 3.05) is 11.9 Å². The van der Waals surface area contributed by atoms with Crippen molar-refractivity contribution in [1.82, 2.24) is 5.32 Å². The van der Waals surface area contributed by atoms with Crippen LogP contribution in [0.1, 0.15) is 29.3 Å². The van der Waals surface area contributed by atoms with E-state index in [9.17, 15) is 14.4 Å². The van der Waals surface area contributed by atoms with Gasteiger partial charge in [0.05, 0.1) is 11.3 Å². The van der Waals surface area contributed by atoms with Crippen molar-refractivity contribution in [3.8, 4) is 11.8 Å². The number of amides is 2. The second-order valence-corrected chi connectivity index (χ2v) is 4.08. The van der Waals surface area contributed by atoms with E-state index in [0.29, 0.717) is 24.2 Å². The van der Waals surface area contributed by atoms with Crippen molar-refractivity contribution in [2.24, 2.45) is 0 Å². The number of benzene rings is 1. The Morgan fingerprint density at radius 3 is 2.89 bits per heavy atom. The van der Waals surface area contributed by atoms with Gasteiger partial charge in [0.1, 0.15) is 0 Å². The molecule has 5 heteroatoms. The maximum Gasteiger partial charge on any atom is 0.296 e. The van der Waals surface area contributed by atoms with Crippen LogP contribution in [-0.4, -0.2) is 24.1 Å². The van der Waals surface area contributed by atoms with E-state index in [4.69, 9.17) is 0 Å². The zero-order chi connectivity index (χ0) is 13.8. The molecule has 2 rings (SSSR count). The third kappa shape index (κ3) is 2.99. The molecule has 0 radical (unpaired) electrons. The highest BCUT2D eigenvalue weighted by Gasteiger charge is 2.27. The van der Waals surface area contributed by atoms with Crippen molar-refractivity contribution in [3.63, 3.8) is 0 Å². The fraction of sp³-hybridized carbons (Fsp3) is 0.214. The van der Waals surface area contributed by atoms with Crippen LogP contribution in [0.5, 0.6) is 0 Å². The Labute approximate surface area is 110 Å². The van der Waals surface area contributed by atoms with Crippen LogP contribution < -0.4 is 10.6 Å². The monoisotopic (exact) mass is 256 g/mol. The molecule has 0 aliphatic carbocycles. The van der Waals surface area contributed by atoms with Crippen molar-refractivity contribution in [3.05, 3.63) is 29.3 Å². The van der Waals surface area contributed by atoms with Gasteiger partial charge in [0.25, 0.3) is 11.7 Å². The molecule has 1 aromatic carbocycles. The predicted octanol–water partition coefficient (Wildman–Crippen LogP) is 0.699. The molecule has 1 aliphatic heterocycles. The average molecular weight is 256 g/mol. The van der Waals surface area contributed by atoms with E-state index < -0.39 is 11.7 Å². The van der Waals surface area contributed by atoms with Crippen molar-refractivity contribution < 1.29 is 14.4 Å². The minimum Gasteiger partial charge on any atom is -0.355 e. The smallest absolute Gasteiger partial charge is 0.296 e. The molecule has 1 heterocycles. The molecule has 1 aromatic rings. The van der Waals surface area contributed by atoms with E-state index in [-0.39, 0.29) is 5.91 Å². The van der Waals surface area contributed by atoms with Gasteiger partial charge >= 0.3 is 0 Å². The SMILES string of the molecule is CC(=O)NCCC#Cc1ccc2c(c1)NC(=O)C2=O. The van der Waals surface area contributed by atoms with Gasteiger partial charge in [-0.3, -0.25) is 14.4 Å². The minimum absolute atomic E-state index is 0.0828. The summed E-state index contributed by atoms with van der Waals surface area (Å²) in [5.41, 5.74) is 1.61. The number of Topliss-reactive ketones (excluding diaryl/α,β-unsaturated/α-hetero) is 1. The fourth-order valence-electron chi connectivity index (χ4n) is 1.69. The third-order valence-electron chi connectivity index (χ3n) is 2.58. The number of nitrogens with one attached hydrogen (secondary N) is 2. The number of hydrogen-bond donors (Lipinski definition) is 2. The molecule has 1 aliphatic rings. The summed E-state index contributed by atoms with van der Waals surface area (Å²) in [5, 5.41) is 5.13. The number of anilines is 1. The highest BCUT2D eigenvalue weighted by atomic mass is 16.2. The molecule has 0 saturated heterocycles. The fourth-order valence-corrected chi connectivity index (χ4v) is 1.69. The van der Waals surface area contributed by atoms with Gasteiger partial charge < -0.3 is 10.6 Å². The van der Waals surface area contributed by atoms with Gasteiger partial charge in [-0.1, -0.05) is 11.8 Å². The van der Waals surface area contributed by atoms with Gasteiger partial charge in [-0.2, -0.15) is 0 Å². The van der Waals surface area contributed by atoms with Crippen LogP contribution >= 0.6 is 0 Å². The first-order valence-electron chi connectivity index (χ1n) is 5.81. The number of rotatable bonds is 2. The lowest BCUT2D eigenvalue weighted by Gasteiger charge is -1.97. The Bertz CT molecular complexity index is 623. The van der Waals surface area contributed by atoms with E-state index in [0.717, 1.165) is 5.56 Å². The zero-order valence-electron chi connectivity index (χ0n) is 10.4. The minimum atomic E-state index is -0.606. The van der Waals surface area contributed by atoms with Gasteiger partial charge in [-0.05, 0) is 18.2 Å². The lowest BCUT2D eigenvalue weighted by atomic mass is 10.1. The number of fused-ring (bicyclic) bond motifs is 1. The highest BCUT2D eigenvalue weighted by Crippen LogP contribution is 2.23. The summed E-state index contributed by atoms with van der Waals surface area (Å²) < 4.78 is 0. The van der Waals surface area contributed by atoms with Crippen LogP contribution in [0.3, 0.4) is 0 Å². The maximum atomic E-state index is 11.4. The molecule has 0 unspecified atom stereocenters. The van der Waals surface area contributed by atoms with Gasteiger partial charge in [0.15, 0.2) is 0 Å². The van der Waals surface area contributed by atoms with Gasteiger partial charge in [-0.15, -0.1) is 0 Å². The Morgan fingerprint density at radius 2 is 2.16 bits per heavy atom. The summed E-state index contributed by atoms with van der Waals surface area (Å²) in [4.78, 5) is 33.2. The van der Waals surface area contributed by atoms with E-state index in [1.54, 1.807) is 18.2 Å². The summed E-state index contributed by atoms with van der Waals surface area (Å²) in [6.07, 6.45) is 0.544. The molecular formula is C14H12N2O3. The Kier molecular flexibility index (Phi) is 3.62. The first kappa shape index (κ1) is 12.8. The molecule has 5 nitrogen and oxygen atoms in total. The second-order valence-electron chi connectivity index (χ2n) is 4.08. The summed E-state index contributed by atoms with van der Waals surface area (Å²) in [7, 11) is 0. The molecular weight excluding hydrogens is 244 g/mol. The van der Waals surface area contributed by atoms with E-state index in [1.807, 2.05) is 0 Å². The number of ketones is 1. The standard InChI is InChI=1S/C14H12N2O3/c1-9(17)15-7-3-2-4-10-5-6-11-12(8-10)16-14(19)13(11)18/h5-6,8H,3,7H2,1H3,(H,15,17)(H,16,18,19). The van der Waals surface area contributed by atoms with E-state index >= 15 is 0 Å². The molecule has 0 spiro atoms. The van der Waals surface area contributed by atoms with Crippen molar-refractivity contribution >= 4 is 23.3 Å². The average Bonchev–Trinajstić information content (AvgIpc) is 2.64. The molecule has 0 aromatic heterocycles. The lowest BCUT2D eigenvalue weighted by Crippen LogP contribution is -2.20. The summed E-state index contributed by atoms with van der Waals surface area (Å²) in [6.45, 7) is 1.95. The predicted molar refractivity (Wildman–Crippen MR) is 69.6 cm³/mol. The Balaban J connectivity index is 2.02. The Morgan fingerprint density at radius 1 is 1.37 bits per heavy atom. The number of carbonyl (C=O) groups is 3. The number of hydrogen-bond acceptors (Lipinski definition) is 3. The lowest BCUT2D eigenvalue weighted by molar-refractivity contribution is -0.118. The molecule has 0 saturated carbocycles. The quantitative estimate of drug-likeness (QED) is 0.464. The Hall–Kier alpha value is -2.61. The van der Waals surface area contributed by atoms with Crippen LogP contribution in [0.15, 0.2) is 18.2 Å². The van der Waals surface area contributed by atoms with Crippen molar-refractivity contribution in [1.29, 1.82) is 0 Å². The molecule has 0 bridgehead atoms. The summed E-state index contributed by atoms with van der Waals surface area (Å²) in [6, 6.07) is 4.96. The summed E-state index contributed by atoms with van der Waals surface area (Å²) >= 11 is 0. The molecule has 96 valence electrons. The summed E-state index contributed by atoms with van der Waals surface area (Å²) in [5.74, 6) is 4.62.